The lowest BCUT2D eigenvalue weighted by molar-refractivity contribution is -0.127. The third kappa shape index (κ3) is 3.32. The molecule has 1 amide bonds. The fourth-order valence-corrected chi connectivity index (χ4v) is 1.19. The number of carbonyl (C=O) groups is 1. The van der Waals surface area contributed by atoms with Gasteiger partial charge in [-0.05, 0) is 6.42 Å². The maximum Gasteiger partial charge on any atom is 0.220 e. The van der Waals surface area contributed by atoms with Gasteiger partial charge >= 0.3 is 0 Å². The van der Waals surface area contributed by atoms with Crippen molar-refractivity contribution in [3.63, 3.8) is 0 Å². The van der Waals surface area contributed by atoms with Crippen LogP contribution in [-0.2, 0) is 9.53 Å². The molecular weight excluding hydrogens is 170 g/mol. The Kier molecular flexibility index (Phi) is 3.69. The molecule has 0 aromatic carbocycles. The van der Waals surface area contributed by atoms with Gasteiger partial charge in [-0.3, -0.25) is 4.79 Å². The second kappa shape index (κ2) is 4.58. The van der Waals surface area contributed by atoms with E-state index in [1.807, 2.05) is 0 Å². The molecule has 0 radical (unpaired) electrons. The van der Waals surface area contributed by atoms with Crippen LogP contribution in [0.15, 0.2) is 0 Å². The zero-order valence-electron chi connectivity index (χ0n) is 8.01. The van der Waals surface area contributed by atoms with Crippen molar-refractivity contribution in [2.45, 2.75) is 19.8 Å². The summed E-state index contributed by atoms with van der Waals surface area (Å²) >= 11 is 0. The Morgan fingerprint density at radius 2 is 2.31 bits per heavy atom. The van der Waals surface area contributed by atoms with Gasteiger partial charge < -0.3 is 15.2 Å². The zero-order chi connectivity index (χ0) is 9.73. The Balaban J connectivity index is 2.07. The molecule has 1 saturated heterocycles. The maximum absolute atomic E-state index is 11.1. The number of hydrogen-bond acceptors (Lipinski definition) is 3. The topological polar surface area (TPSA) is 58.6 Å². The van der Waals surface area contributed by atoms with E-state index in [0.29, 0.717) is 19.4 Å². The predicted molar refractivity (Wildman–Crippen MR) is 48.3 cm³/mol. The summed E-state index contributed by atoms with van der Waals surface area (Å²) in [5.41, 5.74) is 0.134. The Labute approximate surface area is 78.3 Å². The molecule has 1 rings (SSSR count). The van der Waals surface area contributed by atoms with E-state index >= 15 is 0 Å². The fraction of sp³-hybridized carbons (Fsp3) is 0.889. The van der Waals surface area contributed by atoms with Crippen molar-refractivity contribution in [1.29, 1.82) is 0 Å². The molecule has 0 atom stereocenters. The lowest BCUT2D eigenvalue weighted by Crippen LogP contribution is -2.48. The molecule has 13 heavy (non-hydrogen) atoms. The minimum absolute atomic E-state index is 0.0159. The highest BCUT2D eigenvalue weighted by atomic mass is 16.5. The minimum atomic E-state index is 0.0159. The summed E-state index contributed by atoms with van der Waals surface area (Å²) in [5, 5.41) is 11.3. The number of aliphatic hydroxyl groups excluding tert-OH is 1. The van der Waals surface area contributed by atoms with Crippen LogP contribution in [0.25, 0.3) is 0 Å². The van der Waals surface area contributed by atoms with Crippen LogP contribution in [0.3, 0.4) is 0 Å². The van der Waals surface area contributed by atoms with Gasteiger partial charge in [-0.15, -0.1) is 0 Å². The van der Waals surface area contributed by atoms with Gasteiger partial charge in [0.1, 0.15) is 0 Å². The summed E-state index contributed by atoms with van der Waals surface area (Å²) in [6.45, 7) is 4.30. The standard InChI is InChI=1S/C9H17NO3/c1-9(6-13-7-9)5-10-8(12)3-2-4-11/h11H,2-7H2,1H3,(H,10,12). The smallest absolute Gasteiger partial charge is 0.220 e. The first kappa shape index (κ1) is 10.5. The van der Waals surface area contributed by atoms with E-state index in [4.69, 9.17) is 9.84 Å². The monoisotopic (exact) mass is 187 g/mol. The summed E-state index contributed by atoms with van der Waals surface area (Å²) < 4.78 is 5.06. The summed E-state index contributed by atoms with van der Waals surface area (Å²) in [4.78, 5) is 11.1. The largest absolute Gasteiger partial charge is 0.396 e. The lowest BCUT2D eigenvalue weighted by atomic mass is 9.89. The van der Waals surface area contributed by atoms with Crippen LogP contribution in [0.2, 0.25) is 0 Å². The summed E-state index contributed by atoms with van der Waals surface area (Å²) in [6.07, 6.45) is 0.951. The molecule has 0 bridgehead atoms. The third-order valence-corrected chi connectivity index (χ3v) is 2.18. The van der Waals surface area contributed by atoms with Gasteiger partial charge in [0, 0.05) is 25.0 Å². The molecule has 1 aliphatic rings. The Bertz CT molecular complexity index is 178. The minimum Gasteiger partial charge on any atom is -0.396 e. The Morgan fingerprint density at radius 3 is 2.77 bits per heavy atom. The molecule has 1 aliphatic heterocycles. The molecule has 0 spiro atoms. The van der Waals surface area contributed by atoms with E-state index in [1.54, 1.807) is 0 Å². The molecule has 2 N–H and O–H groups in total. The number of amides is 1. The average Bonchev–Trinajstić information content (AvgIpc) is 2.08. The Morgan fingerprint density at radius 1 is 1.62 bits per heavy atom. The maximum atomic E-state index is 11.1. The van der Waals surface area contributed by atoms with E-state index in [0.717, 1.165) is 13.2 Å². The van der Waals surface area contributed by atoms with Crippen LogP contribution >= 0.6 is 0 Å². The highest BCUT2D eigenvalue weighted by Gasteiger charge is 2.33. The Hall–Kier alpha value is -0.610. The van der Waals surface area contributed by atoms with E-state index < -0.39 is 0 Å². The van der Waals surface area contributed by atoms with Crippen molar-refractivity contribution in [3.8, 4) is 0 Å². The number of ether oxygens (including phenoxy) is 1. The van der Waals surface area contributed by atoms with Crippen molar-refractivity contribution in [2.75, 3.05) is 26.4 Å². The summed E-state index contributed by atoms with van der Waals surface area (Å²) in [6, 6.07) is 0. The molecule has 0 unspecified atom stereocenters. The van der Waals surface area contributed by atoms with Crippen LogP contribution < -0.4 is 5.32 Å². The third-order valence-electron chi connectivity index (χ3n) is 2.18. The molecule has 1 fully saturated rings. The molecule has 0 aromatic rings. The normalized spacial score (nSPS) is 19.2. The second-order valence-corrected chi connectivity index (χ2v) is 3.91. The quantitative estimate of drug-likeness (QED) is 0.632. The van der Waals surface area contributed by atoms with E-state index in [-0.39, 0.29) is 17.9 Å². The first-order valence-corrected chi connectivity index (χ1v) is 4.62. The number of carbonyl (C=O) groups excluding carboxylic acids is 1. The van der Waals surface area contributed by atoms with Gasteiger partial charge in [-0.2, -0.15) is 0 Å². The van der Waals surface area contributed by atoms with Crippen LogP contribution in [0, 0.1) is 5.41 Å². The molecule has 1 heterocycles. The zero-order valence-corrected chi connectivity index (χ0v) is 8.01. The number of aliphatic hydroxyl groups is 1. The van der Waals surface area contributed by atoms with Crippen molar-refractivity contribution in [1.82, 2.24) is 5.32 Å². The van der Waals surface area contributed by atoms with Crippen LogP contribution in [0.4, 0.5) is 0 Å². The van der Waals surface area contributed by atoms with Gasteiger partial charge in [0.15, 0.2) is 0 Å². The molecule has 0 aromatic heterocycles. The van der Waals surface area contributed by atoms with Gasteiger partial charge in [0.2, 0.25) is 5.91 Å². The SMILES string of the molecule is CC1(CNC(=O)CCCO)COC1. The fourth-order valence-electron chi connectivity index (χ4n) is 1.19. The number of rotatable bonds is 5. The molecule has 76 valence electrons. The number of nitrogens with one attached hydrogen (secondary N) is 1. The summed E-state index contributed by atoms with van der Waals surface area (Å²) in [7, 11) is 0. The van der Waals surface area contributed by atoms with Crippen molar-refractivity contribution in [3.05, 3.63) is 0 Å². The molecule has 4 heteroatoms. The van der Waals surface area contributed by atoms with Crippen molar-refractivity contribution in [2.24, 2.45) is 5.41 Å². The van der Waals surface area contributed by atoms with E-state index in [1.165, 1.54) is 0 Å². The van der Waals surface area contributed by atoms with Gasteiger partial charge in [0.25, 0.3) is 0 Å². The summed E-state index contributed by atoms with van der Waals surface area (Å²) in [5.74, 6) is 0.0159. The van der Waals surface area contributed by atoms with Gasteiger partial charge in [-0.25, -0.2) is 0 Å². The first-order chi connectivity index (χ1) is 6.16. The van der Waals surface area contributed by atoms with Crippen molar-refractivity contribution < 1.29 is 14.6 Å². The van der Waals surface area contributed by atoms with E-state index in [9.17, 15) is 4.79 Å². The first-order valence-electron chi connectivity index (χ1n) is 4.62. The predicted octanol–water partition coefficient (Wildman–Crippen LogP) is -0.0884. The van der Waals surface area contributed by atoms with Crippen molar-refractivity contribution >= 4 is 5.91 Å². The molecule has 0 aliphatic carbocycles. The molecule has 0 saturated carbocycles. The number of hydrogen-bond donors (Lipinski definition) is 2. The average molecular weight is 187 g/mol. The van der Waals surface area contributed by atoms with Crippen LogP contribution in [-0.4, -0.2) is 37.4 Å². The second-order valence-electron chi connectivity index (χ2n) is 3.91. The van der Waals surface area contributed by atoms with E-state index in [2.05, 4.69) is 12.2 Å². The molecular formula is C9H17NO3. The van der Waals surface area contributed by atoms with Crippen LogP contribution in [0.5, 0.6) is 0 Å². The molecule has 4 nitrogen and oxygen atoms in total. The highest BCUT2D eigenvalue weighted by Crippen LogP contribution is 2.24. The van der Waals surface area contributed by atoms with Gasteiger partial charge in [-0.1, -0.05) is 6.92 Å². The lowest BCUT2D eigenvalue weighted by Gasteiger charge is -2.38. The van der Waals surface area contributed by atoms with Gasteiger partial charge in [0.05, 0.1) is 13.2 Å². The highest BCUT2D eigenvalue weighted by molar-refractivity contribution is 5.75. The van der Waals surface area contributed by atoms with Crippen LogP contribution in [0.1, 0.15) is 19.8 Å².